The van der Waals surface area contributed by atoms with E-state index in [-0.39, 0.29) is 6.54 Å². The van der Waals surface area contributed by atoms with Crippen molar-refractivity contribution >= 4 is 11.9 Å². The molecule has 0 radical (unpaired) electrons. The second-order valence-electron chi connectivity index (χ2n) is 3.37. The van der Waals surface area contributed by atoms with Gasteiger partial charge in [-0.1, -0.05) is 0 Å². The summed E-state index contributed by atoms with van der Waals surface area (Å²) >= 11 is 0. The molecular formula is C9H13N3O4. The standard InChI is InChI=1S/C9H13N3O4/c1-4-7(5(2)12-11-4)8(14)10-3-6(13)9(15)16/h6,13H,3H2,1-2H3,(H,10,14)(H,11,12)(H,15,16). The quantitative estimate of drug-likeness (QED) is 0.537. The molecule has 1 amide bonds. The molecule has 4 N–H and O–H groups in total. The Morgan fingerprint density at radius 1 is 1.50 bits per heavy atom. The maximum absolute atomic E-state index is 11.6. The number of aliphatic hydroxyl groups is 1. The van der Waals surface area contributed by atoms with Crippen LogP contribution in [0.5, 0.6) is 0 Å². The van der Waals surface area contributed by atoms with Crippen molar-refractivity contribution in [3.63, 3.8) is 0 Å². The second kappa shape index (κ2) is 4.75. The van der Waals surface area contributed by atoms with Crippen LogP contribution in [-0.4, -0.2) is 44.9 Å². The second-order valence-corrected chi connectivity index (χ2v) is 3.37. The van der Waals surface area contributed by atoms with Gasteiger partial charge in [-0.25, -0.2) is 4.79 Å². The number of carbonyl (C=O) groups is 2. The minimum atomic E-state index is -1.60. The number of hydrogen-bond acceptors (Lipinski definition) is 4. The summed E-state index contributed by atoms with van der Waals surface area (Å²) in [6.45, 7) is 3.01. The Morgan fingerprint density at radius 3 is 2.56 bits per heavy atom. The van der Waals surface area contributed by atoms with Crippen LogP contribution in [0.1, 0.15) is 21.7 Å². The van der Waals surface area contributed by atoms with Crippen molar-refractivity contribution in [2.24, 2.45) is 0 Å². The van der Waals surface area contributed by atoms with Gasteiger partial charge in [0.25, 0.3) is 5.91 Å². The summed E-state index contributed by atoms with van der Waals surface area (Å²) in [5.74, 6) is -1.83. The number of aromatic nitrogens is 2. The van der Waals surface area contributed by atoms with E-state index in [2.05, 4.69) is 15.5 Å². The third kappa shape index (κ3) is 2.57. The third-order valence-corrected chi connectivity index (χ3v) is 2.10. The van der Waals surface area contributed by atoms with Crippen LogP contribution < -0.4 is 5.32 Å². The zero-order valence-corrected chi connectivity index (χ0v) is 8.94. The van der Waals surface area contributed by atoms with Gasteiger partial charge in [0, 0.05) is 5.69 Å². The topological polar surface area (TPSA) is 115 Å². The number of hydrogen-bond donors (Lipinski definition) is 4. The van der Waals surface area contributed by atoms with Gasteiger partial charge < -0.3 is 15.5 Å². The van der Waals surface area contributed by atoms with E-state index in [1.54, 1.807) is 13.8 Å². The molecule has 16 heavy (non-hydrogen) atoms. The van der Waals surface area contributed by atoms with Gasteiger partial charge in [-0.15, -0.1) is 0 Å². The zero-order chi connectivity index (χ0) is 12.3. The van der Waals surface area contributed by atoms with E-state index < -0.39 is 18.0 Å². The highest BCUT2D eigenvalue weighted by atomic mass is 16.4. The maximum Gasteiger partial charge on any atom is 0.334 e. The Labute approximate surface area is 91.5 Å². The SMILES string of the molecule is Cc1n[nH]c(C)c1C(=O)NCC(O)C(=O)O. The number of nitrogens with one attached hydrogen (secondary N) is 2. The molecular weight excluding hydrogens is 214 g/mol. The Balaban J connectivity index is 2.63. The van der Waals surface area contributed by atoms with E-state index in [0.717, 1.165) is 0 Å². The number of amides is 1. The molecule has 1 aromatic heterocycles. The molecule has 0 bridgehead atoms. The van der Waals surface area contributed by atoms with Gasteiger partial charge in [0.15, 0.2) is 6.10 Å². The van der Waals surface area contributed by atoms with E-state index in [4.69, 9.17) is 10.2 Å². The normalized spacial score (nSPS) is 12.2. The molecule has 0 saturated heterocycles. The highest BCUT2D eigenvalue weighted by Crippen LogP contribution is 2.08. The molecule has 0 aliphatic rings. The van der Waals surface area contributed by atoms with E-state index in [1.165, 1.54) is 0 Å². The Morgan fingerprint density at radius 2 is 2.12 bits per heavy atom. The number of nitrogens with zero attached hydrogens (tertiary/aromatic N) is 1. The summed E-state index contributed by atoms with van der Waals surface area (Å²) in [5.41, 5.74) is 1.50. The Hall–Kier alpha value is -1.89. The molecule has 0 aromatic carbocycles. The fourth-order valence-electron chi connectivity index (χ4n) is 1.25. The first-order chi connectivity index (χ1) is 7.43. The van der Waals surface area contributed by atoms with Crippen LogP contribution >= 0.6 is 0 Å². The lowest BCUT2D eigenvalue weighted by Crippen LogP contribution is -2.36. The van der Waals surface area contributed by atoms with Crippen molar-refractivity contribution in [1.29, 1.82) is 0 Å². The van der Waals surface area contributed by atoms with Crippen LogP contribution in [0.15, 0.2) is 0 Å². The Bertz CT molecular complexity index is 393. The van der Waals surface area contributed by atoms with Crippen molar-refractivity contribution in [1.82, 2.24) is 15.5 Å². The lowest BCUT2D eigenvalue weighted by atomic mass is 10.2. The molecule has 7 heteroatoms. The number of aliphatic carboxylic acids is 1. The van der Waals surface area contributed by atoms with Crippen LogP contribution in [0.25, 0.3) is 0 Å². The van der Waals surface area contributed by atoms with Crippen LogP contribution in [0.2, 0.25) is 0 Å². The first-order valence-corrected chi connectivity index (χ1v) is 4.64. The minimum absolute atomic E-state index is 0.335. The number of aliphatic hydroxyl groups excluding tert-OH is 1. The van der Waals surface area contributed by atoms with Gasteiger partial charge in [0.1, 0.15) is 0 Å². The number of H-pyrrole nitrogens is 1. The molecule has 1 aromatic rings. The average molecular weight is 227 g/mol. The summed E-state index contributed by atoms with van der Waals surface area (Å²) in [5, 5.41) is 26.2. The largest absolute Gasteiger partial charge is 0.479 e. The summed E-state index contributed by atoms with van der Waals surface area (Å²) in [4.78, 5) is 21.9. The van der Waals surface area contributed by atoms with Crippen molar-refractivity contribution in [2.75, 3.05) is 6.54 Å². The molecule has 7 nitrogen and oxygen atoms in total. The highest BCUT2D eigenvalue weighted by molar-refractivity contribution is 5.96. The average Bonchev–Trinajstić information content (AvgIpc) is 2.54. The molecule has 0 aliphatic carbocycles. The van der Waals surface area contributed by atoms with Crippen molar-refractivity contribution in [2.45, 2.75) is 20.0 Å². The van der Waals surface area contributed by atoms with Gasteiger partial charge in [0.05, 0.1) is 17.8 Å². The van der Waals surface area contributed by atoms with Crippen LogP contribution in [0, 0.1) is 13.8 Å². The van der Waals surface area contributed by atoms with Gasteiger partial charge in [-0.2, -0.15) is 5.10 Å². The highest BCUT2D eigenvalue weighted by Gasteiger charge is 2.18. The lowest BCUT2D eigenvalue weighted by molar-refractivity contribution is -0.146. The van der Waals surface area contributed by atoms with E-state index >= 15 is 0 Å². The first-order valence-electron chi connectivity index (χ1n) is 4.64. The first kappa shape index (κ1) is 12.2. The maximum atomic E-state index is 11.6. The number of carboxylic acids is 1. The molecule has 0 aliphatic heterocycles. The van der Waals surface area contributed by atoms with Crippen LogP contribution in [0.4, 0.5) is 0 Å². The van der Waals surface area contributed by atoms with Gasteiger partial charge in [-0.3, -0.25) is 9.89 Å². The zero-order valence-electron chi connectivity index (χ0n) is 8.94. The number of aryl methyl sites for hydroxylation is 2. The predicted molar refractivity (Wildman–Crippen MR) is 54.0 cm³/mol. The number of carbonyl (C=O) groups excluding carboxylic acids is 1. The fourth-order valence-corrected chi connectivity index (χ4v) is 1.25. The van der Waals surface area contributed by atoms with E-state index in [1.807, 2.05) is 0 Å². The lowest BCUT2D eigenvalue weighted by Gasteiger charge is -2.07. The summed E-state index contributed by atoms with van der Waals surface area (Å²) in [6, 6.07) is 0. The summed E-state index contributed by atoms with van der Waals surface area (Å²) in [6.07, 6.45) is -1.60. The van der Waals surface area contributed by atoms with Gasteiger partial charge in [0.2, 0.25) is 0 Å². The van der Waals surface area contributed by atoms with Gasteiger partial charge in [-0.05, 0) is 13.8 Å². The monoisotopic (exact) mass is 227 g/mol. The molecule has 1 heterocycles. The minimum Gasteiger partial charge on any atom is -0.479 e. The van der Waals surface area contributed by atoms with Gasteiger partial charge >= 0.3 is 5.97 Å². The van der Waals surface area contributed by atoms with Crippen molar-refractivity contribution < 1.29 is 19.8 Å². The van der Waals surface area contributed by atoms with Crippen molar-refractivity contribution in [3.8, 4) is 0 Å². The predicted octanol–water partition coefficient (Wildman–Crippen LogP) is -0.798. The summed E-state index contributed by atoms with van der Waals surface area (Å²) in [7, 11) is 0. The third-order valence-electron chi connectivity index (χ3n) is 2.10. The van der Waals surface area contributed by atoms with Crippen LogP contribution in [-0.2, 0) is 4.79 Å². The molecule has 0 fully saturated rings. The fraction of sp³-hybridized carbons (Fsp3) is 0.444. The molecule has 1 unspecified atom stereocenters. The van der Waals surface area contributed by atoms with Crippen molar-refractivity contribution in [3.05, 3.63) is 17.0 Å². The molecule has 88 valence electrons. The molecule has 1 rings (SSSR count). The molecule has 1 atom stereocenters. The van der Waals surface area contributed by atoms with Crippen LogP contribution in [0.3, 0.4) is 0 Å². The number of rotatable bonds is 4. The molecule has 0 saturated carbocycles. The Kier molecular flexibility index (Phi) is 3.62. The van der Waals surface area contributed by atoms with E-state index in [0.29, 0.717) is 17.0 Å². The smallest absolute Gasteiger partial charge is 0.334 e. The van der Waals surface area contributed by atoms with E-state index in [9.17, 15) is 9.59 Å². The number of carboxylic acid groups (broad SMARTS) is 1. The molecule has 0 spiro atoms. The number of aromatic amines is 1. The summed E-state index contributed by atoms with van der Waals surface area (Å²) < 4.78 is 0.